The molecule has 7 nitrogen and oxygen atoms in total. The molecule has 4 N–H and O–H groups in total. The molecule has 1 aromatic rings. The van der Waals surface area contributed by atoms with E-state index in [0.29, 0.717) is 5.70 Å². The Morgan fingerprint density at radius 1 is 0.979 bits per heavy atom. The average molecular weight is 675 g/mol. The Balaban J connectivity index is -0.000000274. The van der Waals surface area contributed by atoms with Crippen molar-refractivity contribution in [2.24, 2.45) is 16.6 Å². The minimum absolute atomic E-state index is 0.101. The van der Waals surface area contributed by atoms with Gasteiger partial charge in [0.05, 0.1) is 0 Å². The van der Waals surface area contributed by atoms with Crippen molar-refractivity contribution >= 4 is 5.78 Å². The highest BCUT2D eigenvalue weighted by molar-refractivity contribution is 5.92. The van der Waals surface area contributed by atoms with Gasteiger partial charge in [0.15, 0.2) is 5.78 Å². The van der Waals surface area contributed by atoms with E-state index in [1.807, 2.05) is 70.0 Å². The molecule has 0 atom stereocenters. The number of hydrogen-bond donors (Lipinski definition) is 3. The number of unbranched alkanes of at least 4 members (excludes halogenated alkanes) is 1. The minimum Gasteiger partial charge on any atom is -0.396 e. The summed E-state index contributed by atoms with van der Waals surface area (Å²) < 4.78 is 4.73. The Bertz CT molecular complexity index is 1020. The Labute approximate surface area is 298 Å². The minimum atomic E-state index is -0.101. The highest BCUT2D eigenvalue weighted by atomic mass is 16.5. The lowest BCUT2D eigenvalue weighted by Gasteiger charge is -2.29. The number of nitrogens with one attached hydrogen (secondary N) is 1. The number of allylic oxidation sites excluding steroid dienone is 6. The van der Waals surface area contributed by atoms with Crippen LogP contribution >= 0.6 is 0 Å². The lowest BCUT2D eigenvalue weighted by atomic mass is 9.76. The molecule has 0 unspecified atom stereocenters. The van der Waals surface area contributed by atoms with Gasteiger partial charge >= 0.3 is 0 Å². The van der Waals surface area contributed by atoms with Crippen LogP contribution in [-0.2, 0) is 9.53 Å². The molecule has 0 spiro atoms. The van der Waals surface area contributed by atoms with E-state index in [-0.39, 0.29) is 23.2 Å². The maximum atomic E-state index is 11.0. The van der Waals surface area contributed by atoms with Crippen LogP contribution in [0.5, 0.6) is 0 Å². The van der Waals surface area contributed by atoms with E-state index >= 15 is 0 Å². The molecule has 48 heavy (non-hydrogen) atoms. The summed E-state index contributed by atoms with van der Waals surface area (Å²) >= 11 is 0. The molecular weight excluding hydrogens is 596 g/mol. The van der Waals surface area contributed by atoms with Gasteiger partial charge in [0.1, 0.15) is 11.5 Å². The van der Waals surface area contributed by atoms with E-state index in [1.165, 1.54) is 23.6 Å². The number of Topliss-reactive ketones (excluding diaryl/α,β-unsaturated/α-hetero) is 1. The van der Waals surface area contributed by atoms with Crippen LogP contribution in [0.1, 0.15) is 100 Å². The second-order valence-electron chi connectivity index (χ2n) is 13.4. The number of nitrogens with zero attached hydrogens (tertiary/aromatic N) is 2. The first kappa shape index (κ1) is 52.0. The van der Waals surface area contributed by atoms with Crippen LogP contribution in [0.3, 0.4) is 0 Å². The first-order chi connectivity index (χ1) is 22.3. The van der Waals surface area contributed by atoms with Gasteiger partial charge in [-0.3, -0.25) is 4.79 Å². The number of carbonyl (C=O) groups is 1. The third-order valence-corrected chi connectivity index (χ3v) is 7.63. The molecule has 1 rings (SSSR count). The first-order valence-electron chi connectivity index (χ1n) is 17.5. The van der Waals surface area contributed by atoms with Gasteiger partial charge in [-0.25, -0.2) is 0 Å². The first-order valence-corrected chi connectivity index (χ1v) is 17.5. The summed E-state index contributed by atoms with van der Waals surface area (Å²) in [7, 11) is 9.56. The topological polar surface area (TPSA) is 91.1 Å². The second kappa shape index (κ2) is 31.4. The summed E-state index contributed by atoms with van der Waals surface area (Å²) in [4.78, 5) is 14.9. The van der Waals surface area contributed by atoms with Crippen molar-refractivity contribution in [2.75, 3.05) is 61.6 Å². The van der Waals surface area contributed by atoms with E-state index in [9.17, 15) is 4.79 Å². The SMILES string of the molecule is C=C(/C=C(\C=C/C)C(C)(C)CC)C(C)(C)CC.CCN/C(=C(\N)C(C)=O)N(C)CC.CN(C)C.COCCCCO.Cc1ccccc1. The van der Waals surface area contributed by atoms with Crippen LogP contribution in [0.2, 0.25) is 0 Å². The number of benzene rings is 1. The lowest BCUT2D eigenvalue weighted by Crippen LogP contribution is -2.33. The number of aryl methyl sites for hydroxylation is 1. The van der Waals surface area contributed by atoms with Crippen molar-refractivity contribution in [1.82, 2.24) is 15.1 Å². The van der Waals surface area contributed by atoms with Crippen LogP contribution in [0.25, 0.3) is 0 Å². The largest absolute Gasteiger partial charge is 0.396 e. The molecule has 0 radical (unpaired) electrons. The van der Waals surface area contributed by atoms with Crippen molar-refractivity contribution in [3.8, 4) is 0 Å². The van der Waals surface area contributed by atoms with Crippen LogP contribution in [0.15, 0.2) is 77.8 Å². The number of ketones is 1. The van der Waals surface area contributed by atoms with Gasteiger partial charge in [0.2, 0.25) is 0 Å². The van der Waals surface area contributed by atoms with Crippen LogP contribution in [-0.4, -0.2) is 82.3 Å². The fraction of sp³-hybridized carbons (Fsp3) is 0.634. The van der Waals surface area contributed by atoms with Crippen LogP contribution in [0.4, 0.5) is 0 Å². The summed E-state index contributed by atoms with van der Waals surface area (Å²) in [5, 5.41) is 11.3. The number of aliphatic hydroxyl groups is 1. The van der Waals surface area contributed by atoms with Crippen LogP contribution < -0.4 is 11.1 Å². The van der Waals surface area contributed by atoms with E-state index < -0.39 is 0 Å². The highest BCUT2D eigenvalue weighted by Crippen LogP contribution is 2.36. The van der Waals surface area contributed by atoms with Crippen LogP contribution in [0, 0.1) is 17.8 Å². The number of rotatable bonds is 15. The molecule has 0 saturated heterocycles. The van der Waals surface area contributed by atoms with E-state index in [0.717, 1.165) is 51.2 Å². The maximum Gasteiger partial charge on any atom is 0.179 e. The van der Waals surface area contributed by atoms with Gasteiger partial charge in [0.25, 0.3) is 0 Å². The molecule has 1 aromatic carbocycles. The molecule has 0 amide bonds. The van der Waals surface area contributed by atoms with Gasteiger partial charge in [-0.2, -0.15) is 0 Å². The van der Waals surface area contributed by atoms with Crippen molar-refractivity contribution in [3.05, 3.63) is 83.4 Å². The third-order valence-electron chi connectivity index (χ3n) is 7.63. The predicted molar refractivity (Wildman–Crippen MR) is 213 cm³/mol. The molecule has 0 aliphatic rings. The predicted octanol–water partition coefficient (Wildman–Crippen LogP) is 8.76. The molecule has 0 bridgehead atoms. The average Bonchev–Trinajstić information content (AvgIpc) is 3.03. The zero-order valence-electron chi connectivity index (χ0n) is 34.2. The normalized spacial score (nSPS) is 11.8. The van der Waals surface area contributed by atoms with E-state index in [4.69, 9.17) is 15.6 Å². The van der Waals surface area contributed by atoms with Gasteiger partial charge < -0.3 is 30.7 Å². The molecule has 280 valence electrons. The Hall–Kier alpha value is -2.87. The monoisotopic (exact) mass is 675 g/mol. The molecule has 0 heterocycles. The second-order valence-corrected chi connectivity index (χ2v) is 13.4. The Morgan fingerprint density at radius 3 is 1.79 bits per heavy atom. The van der Waals surface area contributed by atoms with Crippen molar-refractivity contribution in [3.63, 3.8) is 0 Å². The summed E-state index contributed by atoms with van der Waals surface area (Å²) in [5.41, 5.74) is 10.3. The van der Waals surface area contributed by atoms with Gasteiger partial charge in [-0.05, 0) is 96.5 Å². The lowest BCUT2D eigenvalue weighted by molar-refractivity contribution is -0.113. The molecule has 0 aromatic heterocycles. The zero-order chi connectivity index (χ0) is 38.3. The summed E-state index contributed by atoms with van der Waals surface area (Å²) in [6.07, 6.45) is 10.7. The smallest absolute Gasteiger partial charge is 0.179 e. The van der Waals surface area contributed by atoms with E-state index in [2.05, 4.69) is 97.6 Å². The fourth-order valence-corrected chi connectivity index (χ4v) is 3.28. The molecule has 0 fully saturated rings. The number of nitrogens with two attached hydrogens (primary N) is 1. The van der Waals surface area contributed by atoms with Gasteiger partial charge in [0, 0.05) is 47.4 Å². The van der Waals surface area contributed by atoms with Crippen molar-refractivity contribution in [1.29, 1.82) is 0 Å². The maximum absolute atomic E-state index is 11.0. The standard InChI is InChI=1S/C17H30.C9H19N3O.C7H8.C5H12O2.C3H9N/c1-9-12-15(17(7,8)11-3)13-14(4)16(5,6)10-2;1-5-11-9(12(4)6-2)8(10)7(3)13;1-7-5-3-2-4-6-7;1-7-5-3-2-4-6;1-4(2)3/h9,12-13H,4,10-11H2,1-3,5-8H3;11H,5-6,10H2,1-4H3;2-6H,1H3;6H,2-5H2,1H3;1-3H3/b12-9-,15-13+;9-8+;;;. The number of hydrogen-bond acceptors (Lipinski definition) is 7. The Morgan fingerprint density at radius 2 is 1.48 bits per heavy atom. The number of aliphatic hydroxyl groups excluding tert-OH is 1. The fourth-order valence-electron chi connectivity index (χ4n) is 3.28. The number of ether oxygens (including phenoxy) is 1. The summed E-state index contributed by atoms with van der Waals surface area (Å²) in [6.45, 7) is 30.1. The molecule has 0 aliphatic carbocycles. The molecule has 0 saturated carbocycles. The molecule has 0 aliphatic heterocycles. The van der Waals surface area contributed by atoms with Crippen molar-refractivity contribution < 1.29 is 14.6 Å². The van der Waals surface area contributed by atoms with E-state index in [1.54, 1.807) is 7.11 Å². The van der Waals surface area contributed by atoms with Gasteiger partial charge in [-0.15, -0.1) is 0 Å². The summed E-state index contributed by atoms with van der Waals surface area (Å²) in [6, 6.07) is 10.3. The van der Waals surface area contributed by atoms with Crippen molar-refractivity contribution in [2.45, 2.75) is 102 Å². The zero-order valence-corrected chi connectivity index (χ0v) is 34.2. The summed E-state index contributed by atoms with van der Waals surface area (Å²) in [5.74, 6) is 0.619. The Kier molecular flexibility index (Phi) is 34.0. The number of carbonyl (C=O) groups excluding carboxylic acids is 1. The molecular formula is C41H78N4O3. The van der Waals surface area contributed by atoms with Gasteiger partial charge in [-0.1, -0.05) is 102 Å². The molecule has 7 heteroatoms. The highest BCUT2D eigenvalue weighted by Gasteiger charge is 2.23. The third kappa shape index (κ3) is 29.3. The quantitative estimate of drug-likeness (QED) is 0.0974. The number of methoxy groups -OCH3 is 1.